The van der Waals surface area contributed by atoms with Gasteiger partial charge in [0.15, 0.2) is 0 Å². The molecule has 1 aromatic heterocycles. The fourth-order valence-electron chi connectivity index (χ4n) is 4.46. The van der Waals surface area contributed by atoms with Gasteiger partial charge in [-0.2, -0.15) is 4.98 Å². The summed E-state index contributed by atoms with van der Waals surface area (Å²) in [5.74, 6) is -0.448. The van der Waals surface area contributed by atoms with Gasteiger partial charge in [-0.1, -0.05) is 11.6 Å². The highest BCUT2D eigenvalue weighted by Crippen LogP contribution is 2.49. The largest absolute Gasteiger partial charge is 0.481 e. The highest BCUT2D eigenvalue weighted by molar-refractivity contribution is 5.81. The van der Waals surface area contributed by atoms with Crippen molar-refractivity contribution in [3.05, 3.63) is 35.5 Å². The van der Waals surface area contributed by atoms with E-state index in [4.69, 9.17) is 4.52 Å². The normalized spacial score (nSPS) is 23.8. The molecule has 0 spiro atoms. The molecular weight excluding hydrogens is 365 g/mol. The lowest BCUT2D eigenvalue weighted by molar-refractivity contribution is -0.149. The summed E-state index contributed by atoms with van der Waals surface area (Å²) in [5.41, 5.74) is 0.371. The molecule has 1 saturated heterocycles. The molecule has 1 aliphatic carbocycles. The maximum atomic E-state index is 13.4. The Morgan fingerprint density at radius 3 is 2.96 bits per heavy atom. The number of nitrogens with zero attached hydrogens (tertiary/aromatic N) is 3. The van der Waals surface area contributed by atoms with Crippen LogP contribution in [0.3, 0.4) is 0 Å². The van der Waals surface area contributed by atoms with Gasteiger partial charge in [-0.25, -0.2) is 4.39 Å². The van der Waals surface area contributed by atoms with Gasteiger partial charge in [-0.05, 0) is 49.4 Å². The Kier molecular flexibility index (Phi) is 4.64. The predicted molar refractivity (Wildman–Crippen MR) is 96.7 cm³/mol. The second kappa shape index (κ2) is 7.00. The van der Waals surface area contributed by atoms with Crippen molar-refractivity contribution in [2.24, 2.45) is 11.3 Å². The van der Waals surface area contributed by atoms with E-state index < -0.39 is 11.4 Å². The number of aromatic nitrogens is 2. The van der Waals surface area contributed by atoms with Crippen molar-refractivity contribution in [3.8, 4) is 11.4 Å². The summed E-state index contributed by atoms with van der Waals surface area (Å²) in [7, 11) is 0. The molecule has 0 radical (unpaired) electrons. The van der Waals surface area contributed by atoms with Crippen molar-refractivity contribution in [2.75, 3.05) is 13.1 Å². The number of fused-ring (bicyclic) bond motifs is 1. The Morgan fingerprint density at radius 1 is 1.43 bits per heavy atom. The van der Waals surface area contributed by atoms with Gasteiger partial charge in [-0.3, -0.25) is 9.59 Å². The highest BCUT2D eigenvalue weighted by Gasteiger charge is 2.55. The van der Waals surface area contributed by atoms with Crippen LogP contribution >= 0.6 is 0 Å². The van der Waals surface area contributed by atoms with Crippen molar-refractivity contribution >= 4 is 11.9 Å². The summed E-state index contributed by atoms with van der Waals surface area (Å²) < 4.78 is 18.6. The first-order valence-corrected chi connectivity index (χ1v) is 9.49. The van der Waals surface area contributed by atoms with Crippen LogP contribution in [0.4, 0.5) is 4.39 Å². The average Bonchev–Trinajstić information content (AvgIpc) is 3.36. The third-order valence-electron chi connectivity index (χ3n) is 6.09. The molecule has 7 nitrogen and oxygen atoms in total. The molecule has 2 heterocycles. The first-order chi connectivity index (χ1) is 13.4. The van der Waals surface area contributed by atoms with E-state index in [1.165, 1.54) is 6.07 Å². The van der Waals surface area contributed by atoms with E-state index in [-0.39, 0.29) is 37.0 Å². The number of carboxylic acid groups (broad SMARTS) is 1. The van der Waals surface area contributed by atoms with Crippen molar-refractivity contribution in [1.82, 2.24) is 15.0 Å². The second-order valence-corrected chi connectivity index (χ2v) is 7.80. The number of hydrogen-bond donors (Lipinski definition) is 1. The van der Waals surface area contributed by atoms with E-state index >= 15 is 0 Å². The molecule has 0 bridgehead atoms. The SMILES string of the molecule is Cc1cc(-c2noc(CCC(=O)N3C[C@@H]4CCC[C@@]4(C(=O)O)C3)n2)ccc1F. The average molecular weight is 387 g/mol. The van der Waals surface area contributed by atoms with Gasteiger partial charge in [0.25, 0.3) is 0 Å². The summed E-state index contributed by atoms with van der Waals surface area (Å²) in [6.07, 6.45) is 2.88. The van der Waals surface area contributed by atoms with Crippen LogP contribution in [0.25, 0.3) is 11.4 Å². The standard InChI is InChI=1S/C20H22FN3O4/c1-12-9-13(4-5-15(12)21)18-22-16(28-23-18)6-7-17(25)24-10-14-3-2-8-20(14,11-24)19(26)27/h4-5,9,14H,2-3,6-8,10-11H2,1H3,(H,26,27)/t14-,20+/m0/s1. The lowest BCUT2D eigenvalue weighted by atomic mass is 9.81. The zero-order chi connectivity index (χ0) is 19.9. The number of halogens is 1. The number of carbonyl (C=O) groups is 2. The van der Waals surface area contributed by atoms with E-state index in [1.54, 1.807) is 24.0 Å². The molecule has 0 unspecified atom stereocenters. The maximum Gasteiger partial charge on any atom is 0.311 e. The molecule has 1 N–H and O–H groups in total. The summed E-state index contributed by atoms with van der Waals surface area (Å²) in [5, 5.41) is 13.5. The molecule has 2 aromatic rings. The van der Waals surface area contributed by atoms with E-state index in [9.17, 15) is 19.1 Å². The summed E-state index contributed by atoms with van der Waals surface area (Å²) >= 11 is 0. The first kappa shape index (κ1) is 18.6. The molecule has 2 atom stereocenters. The number of likely N-dealkylation sites (tertiary alicyclic amines) is 1. The maximum absolute atomic E-state index is 13.4. The number of amides is 1. The second-order valence-electron chi connectivity index (χ2n) is 7.80. The molecule has 28 heavy (non-hydrogen) atoms. The van der Waals surface area contributed by atoms with Crippen LogP contribution in [0.15, 0.2) is 22.7 Å². The number of rotatable bonds is 5. The van der Waals surface area contributed by atoms with Gasteiger partial charge in [0.1, 0.15) is 5.82 Å². The zero-order valence-electron chi connectivity index (χ0n) is 15.7. The number of carbonyl (C=O) groups excluding carboxylic acids is 1. The van der Waals surface area contributed by atoms with Crippen molar-refractivity contribution in [1.29, 1.82) is 0 Å². The third-order valence-corrected chi connectivity index (χ3v) is 6.09. The molecule has 4 rings (SSSR count). The first-order valence-electron chi connectivity index (χ1n) is 9.49. The minimum atomic E-state index is -0.790. The fraction of sp³-hybridized carbons (Fsp3) is 0.500. The van der Waals surface area contributed by atoms with Crippen LogP contribution in [0, 0.1) is 24.1 Å². The highest BCUT2D eigenvalue weighted by atomic mass is 19.1. The monoisotopic (exact) mass is 387 g/mol. The van der Waals surface area contributed by atoms with Crippen LogP contribution in [-0.4, -0.2) is 45.1 Å². The summed E-state index contributed by atoms with van der Waals surface area (Å²) in [6.45, 7) is 2.46. The number of aliphatic carboxylic acids is 1. The molecule has 1 amide bonds. The minimum absolute atomic E-state index is 0.0469. The van der Waals surface area contributed by atoms with E-state index in [0.717, 1.165) is 12.8 Å². The van der Waals surface area contributed by atoms with Gasteiger partial charge < -0.3 is 14.5 Å². The molecular formula is C20H22FN3O4. The number of carboxylic acids is 1. The molecule has 1 saturated carbocycles. The van der Waals surface area contributed by atoms with Crippen LogP contribution in [0.5, 0.6) is 0 Å². The Bertz CT molecular complexity index is 928. The Labute approximate surface area is 161 Å². The number of aryl methyl sites for hydroxylation is 2. The van der Waals surface area contributed by atoms with Crippen molar-refractivity contribution < 1.29 is 23.6 Å². The van der Waals surface area contributed by atoms with Gasteiger partial charge in [-0.15, -0.1) is 0 Å². The smallest absolute Gasteiger partial charge is 0.311 e. The minimum Gasteiger partial charge on any atom is -0.481 e. The lowest BCUT2D eigenvalue weighted by Gasteiger charge is -2.23. The number of benzene rings is 1. The van der Waals surface area contributed by atoms with Crippen molar-refractivity contribution in [3.63, 3.8) is 0 Å². The molecule has 1 aliphatic heterocycles. The fourth-order valence-corrected chi connectivity index (χ4v) is 4.46. The van der Waals surface area contributed by atoms with Gasteiger partial charge in [0.2, 0.25) is 17.6 Å². The van der Waals surface area contributed by atoms with Crippen LogP contribution in [0.1, 0.15) is 37.1 Å². The van der Waals surface area contributed by atoms with Crippen LogP contribution in [0.2, 0.25) is 0 Å². The van der Waals surface area contributed by atoms with Crippen LogP contribution < -0.4 is 0 Å². The Balaban J connectivity index is 1.38. The summed E-state index contributed by atoms with van der Waals surface area (Å²) in [4.78, 5) is 30.3. The topological polar surface area (TPSA) is 96.5 Å². The summed E-state index contributed by atoms with van der Waals surface area (Å²) in [6, 6.07) is 4.58. The molecule has 2 fully saturated rings. The van der Waals surface area contributed by atoms with Crippen molar-refractivity contribution in [2.45, 2.75) is 39.0 Å². The third kappa shape index (κ3) is 3.16. The molecule has 1 aromatic carbocycles. The van der Waals surface area contributed by atoms with E-state index in [2.05, 4.69) is 10.1 Å². The number of hydrogen-bond acceptors (Lipinski definition) is 5. The molecule has 8 heteroatoms. The Hall–Kier alpha value is -2.77. The molecule has 2 aliphatic rings. The van der Waals surface area contributed by atoms with Gasteiger partial charge in [0.05, 0.1) is 5.41 Å². The van der Waals surface area contributed by atoms with E-state index in [1.807, 2.05) is 0 Å². The molecule has 148 valence electrons. The zero-order valence-corrected chi connectivity index (χ0v) is 15.7. The predicted octanol–water partition coefficient (Wildman–Crippen LogP) is 2.83. The Morgan fingerprint density at radius 2 is 2.25 bits per heavy atom. The van der Waals surface area contributed by atoms with Gasteiger partial charge in [0, 0.05) is 31.5 Å². The van der Waals surface area contributed by atoms with Gasteiger partial charge >= 0.3 is 5.97 Å². The van der Waals surface area contributed by atoms with E-state index in [0.29, 0.717) is 35.8 Å². The van der Waals surface area contributed by atoms with Crippen LogP contribution in [-0.2, 0) is 16.0 Å². The quantitative estimate of drug-likeness (QED) is 0.847. The lowest BCUT2D eigenvalue weighted by Crippen LogP contribution is -2.37.